The molecule has 98 valence electrons. The van der Waals surface area contributed by atoms with Crippen molar-refractivity contribution in [1.29, 1.82) is 0 Å². The first-order chi connectivity index (χ1) is 8.27. The average molecular weight is 238 g/mol. The van der Waals surface area contributed by atoms with Gasteiger partial charge in [0.05, 0.1) is 0 Å². The molecule has 0 aromatic carbocycles. The molecule has 3 nitrogen and oxygen atoms in total. The molecule has 0 bridgehead atoms. The summed E-state index contributed by atoms with van der Waals surface area (Å²) in [7, 11) is 0. The van der Waals surface area contributed by atoms with Crippen LogP contribution in [0.1, 0.15) is 51.9 Å². The van der Waals surface area contributed by atoms with Gasteiger partial charge in [-0.05, 0) is 51.1 Å². The minimum absolute atomic E-state index is 0.0257. The van der Waals surface area contributed by atoms with Crippen molar-refractivity contribution in [1.82, 2.24) is 10.6 Å². The fourth-order valence-corrected chi connectivity index (χ4v) is 3.32. The normalized spacial score (nSPS) is 27.9. The van der Waals surface area contributed by atoms with Gasteiger partial charge in [-0.25, -0.2) is 0 Å². The van der Waals surface area contributed by atoms with E-state index in [4.69, 9.17) is 0 Å². The highest BCUT2D eigenvalue weighted by Gasteiger charge is 2.39. The van der Waals surface area contributed by atoms with Crippen molar-refractivity contribution in [2.45, 2.75) is 51.9 Å². The average Bonchev–Trinajstić information content (AvgIpc) is 2.87. The van der Waals surface area contributed by atoms with Gasteiger partial charge in [-0.2, -0.15) is 0 Å². The Balaban J connectivity index is 1.79. The fourth-order valence-electron chi connectivity index (χ4n) is 3.32. The zero-order valence-corrected chi connectivity index (χ0v) is 11.1. The van der Waals surface area contributed by atoms with Crippen molar-refractivity contribution in [3.63, 3.8) is 0 Å². The van der Waals surface area contributed by atoms with E-state index in [1.165, 1.54) is 25.7 Å². The topological polar surface area (TPSA) is 41.1 Å². The molecule has 1 heterocycles. The van der Waals surface area contributed by atoms with Crippen LogP contribution in [0, 0.1) is 11.3 Å². The summed E-state index contributed by atoms with van der Waals surface area (Å²) in [6.45, 7) is 5.24. The van der Waals surface area contributed by atoms with Crippen LogP contribution >= 0.6 is 0 Å². The molecule has 1 amide bonds. The molecule has 1 unspecified atom stereocenters. The van der Waals surface area contributed by atoms with Crippen molar-refractivity contribution in [2.75, 3.05) is 19.6 Å². The maximum atomic E-state index is 12.3. The van der Waals surface area contributed by atoms with Gasteiger partial charge >= 0.3 is 0 Å². The van der Waals surface area contributed by atoms with Crippen LogP contribution in [0.5, 0.6) is 0 Å². The quantitative estimate of drug-likeness (QED) is 0.787. The highest BCUT2D eigenvalue weighted by Crippen LogP contribution is 2.41. The van der Waals surface area contributed by atoms with Gasteiger partial charge in [-0.1, -0.05) is 19.8 Å². The Kier molecular flexibility index (Phi) is 4.43. The van der Waals surface area contributed by atoms with Crippen LogP contribution in [0.15, 0.2) is 0 Å². The van der Waals surface area contributed by atoms with Gasteiger partial charge in [-0.3, -0.25) is 4.79 Å². The lowest BCUT2D eigenvalue weighted by Crippen LogP contribution is -2.43. The number of nitrogens with one attached hydrogen (secondary N) is 2. The first-order valence-electron chi connectivity index (χ1n) is 7.26. The van der Waals surface area contributed by atoms with Crippen molar-refractivity contribution in [2.24, 2.45) is 11.3 Å². The van der Waals surface area contributed by atoms with E-state index < -0.39 is 0 Å². The lowest BCUT2D eigenvalue weighted by molar-refractivity contribution is -0.131. The van der Waals surface area contributed by atoms with Crippen LogP contribution in [-0.2, 0) is 4.79 Å². The van der Waals surface area contributed by atoms with E-state index in [1.54, 1.807) is 0 Å². The van der Waals surface area contributed by atoms with Gasteiger partial charge in [0.25, 0.3) is 0 Å². The Morgan fingerprint density at radius 2 is 2.12 bits per heavy atom. The van der Waals surface area contributed by atoms with Crippen LogP contribution in [0.3, 0.4) is 0 Å². The summed E-state index contributed by atoms with van der Waals surface area (Å²) in [5, 5.41) is 6.61. The Morgan fingerprint density at radius 3 is 2.71 bits per heavy atom. The Labute approximate surface area is 105 Å². The summed E-state index contributed by atoms with van der Waals surface area (Å²) >= 11 is 0. The highest BCUT2D eigenvalue weighted by molar-refractivity contribution is 5.82. The predicted molar refractivity (Wildman–Crippen MR) is 69.8 cm³/mol. The van der Waals surface area contributed by atoms with Gasteiger partial charge in [0, 0.05) is 12.0 Å². The molecule has 2 fully saturated rings. The van der Waals surface area contributed by atoms with Crippen LogP contribution in [-0.4, -0.2) is 25.5 Å². The van der Waals surface area contributed by atoms with Crippen LogP contribution in [0.4, 0.5) is 0 Å². The Bertz CT molecular complexity index is 253. The van der Waals surface area contributed by atoms with E-state index in [0.29, 0.717) is 11.8 Å². The molecular weight excluding hydrogens is 212 g/mol. The second kappa shape index (κ2) is 5.85. The molecule has 2 rings (SSSR count). The van der Waals surface area contributed by atoms with Crippen molar-refractivity contribution >= 4 is 5.91 Å². The summed E-state index contributed by atoms with van der Waals surface area (Å²) < 4.78 is 0. The third-order valence-electron chi connectivity index (χ3n) is 4.67. The lowest BCUT2D eigenvalue weighted by atomic mass is 9.82. The van der Waals surface area contributed by atoms with Crippen molar-refractivity contribution in [3.05, 3.63) is 0 Å². The summed E-state index contributed by atoms with van der Waals surface area (Å²) in [4.78, 5) is 12.3. The summed E-state index contributed by atoms with van der Waals surface area (Å²) in [5.41, 5.74) is -0.0257. The number of carbonyl (C=O) groups excluding carboxylic acids is 1. The first-order valence-corrected chi connectivity index (χ1v) is 7.26. The standard InChI is InChI=1S/C14H26N2O/c1-2-14(7-3-4-8-14)13(17)16-11-12-6-5-9-15-10-12/h12,15H,2-11H2,1H3,(H,16,17). The van der Waals surface area contributed by atoms with Gasteiger partial charge < -0.3 is 10.6 Å². The molecule has 0 aromatic heterocycles. The largest absolute Gasteiger partial charge is 0.355 e. The number of hydrogen-bond acceptors (Lipinski definition) is 2. The van der Waals surface area contributed by atoms with Gasteiger partial charge in [0.1, 0.15) is 0 Å². The van der Waals surface area contributed by atoms with Crippen LogP contribution < -0.4 is 10.6 Å². The van der Waals surface area contributed by atoms with Crippen LogP contribution in [0.2, 0.25) is 0 Å². The lowest BCUT2D eigenvalue weighted by Gasteiger charge is -2.28. The second-order valence-corrected chi connectivity index (χ2v) is 5.76. The molecule has 2 aliphatic rings. The summed E-state index contributed by atoms with van der Waals surface area (Å²) in [5.74, 6) is 0.964. The molecule has 2 N–H and O–H groups in total. The molecule has 0 radical (unpaired) electrons. The monoisotopic (exact) mass is 238 g/mol. The highest BCUT2D eigenvalue weighted by atomic mass is 16.2. The maximum absolute atomic E-state index is 12.3. The smallest absolute Gasteiger partial charge is 0.226 e. The molecule has 3 heteroatoms. The molecule has 1 saturated carbocycles. The fraction of sp³-hybridized carbons (Fsp3) is 0.929. The Hall–Kier alpha value is -0.570. The maximum Gasteiger partial charge on any atom is 0.226 e. The molecular formula is C14H26N2O. The van der Waals surface area contributed by atoms with Gasteiger partial charge in [-0.15, -0.1) is 0 Å². The van der Waals surface area contributed by atoms with E-state index >= 15 is 0 Å². The molecule has 1 aliphatic carbocycles. The number of piperidine rings is 1. The third-order valence-corrected chi connectivity index (χ3v) is 4.67. The zero-order chi connectivity index (χ0) is 12.1. The first kappa shape index (κ1) is 12.9. The molecule has 1 saturated heterocycles. The van der Waals surface area contributed by atoms with E-state index in [1.807, 2.05) is 0 Å². The minimum atomic E-state index is -0.0257. The molecule has 17 heavy (non-hydrogen) atoms. The molecule has 1 aliphatic heterocycles. The predicted octanol–water partition coefficient (Wildman–Crippen LogP) is 2.07. The van der Waals surface area contributed by atoms with E-state index in [0.717, 1.165) is 38.9 Å². The number of rotatable bonds is 4. The molecule has 0 spiro atoms. The van der Waals surface area contributed by atoms with E-state index in [9.17, 15) is 4.79 Å². The SMILES string of the molecule is CCC1(C(=O)NCC2CCCNC2)CCCC1. The number of hydrogen-bond donors (Lipinski definition) is 2. The third kappa shape index (κ3) is 3.01. The summed E-state index contributed by atoms with van der Waals surface area (Å²) in [6.07, 6.45) is 8.16. The second-order valence-electron chi connectivity index (χ2n) is 5.76. The Morgan fingerprint density at radius 1 is 1.35 bits per heavy atom. The van der Waals surface area contributed by atoms with Crippen LogP contribution in [0.25, 0.3) is 0 Å². The zero-order valence-electron chi connectivity index (χ0n) is 11.1. The van der Waals surface area contributed by atoms with Crippen molar-refractivity contribution in [3.8, 4) is 0 Å². The number of amides is 1. The minimum Gasteiger partial charge on any atom is -0.355 e. The van der Waals surface area contributed by atoms with Gasteiger partial charge in [0.2, 0.25) is 5.91 Å². The van der Waals surface area contributed by atoms with Gasteiger partial charge in [0.15, 0.2) is 0 Å². The summed E-state index contributed by atoms with van der Waals surface area (Å²) in [6, 6.07) is 0. The van der Waals surface area contributed by atoms with E-state index in [-0.39, 0.29) is 5.41 Å². The molecule has 0 aromatic rings. The molecule has 1 atom stereocenters. The van der Waals surface area contributed by atoms with E-state index in [2.05, 4.69) is 17.6 Å². The van der Waals surface area contributed by atoms with Crippen molar-refractivity contribution < 1.29 is 4.79 Å². The number of carbonyl (C=O) groups is 1.